The number of unbranched alkanes of at least 4 members (excludes halogenated alkanes) is 5. The lowest BCUT2D eigenvalue weighted by Crippen LogP contribution is -2.61. The molecule has 0 saturated heterocycles. The Balaban J connectivity index is 5.08. The van der Waals surface area contributed by atoms with Gasteiger partial charge in [-0.2, -0.15) is 0 Å². The Morgan fingerprint density at radius 2 is 1.60 bits per heavy atom. The van der Waals surface area contributed by atoms with Crippen LogP contribution in [0.15, 0.2) is 12.2 Å². The molecule has 0 bridgehead atoms. The highest BCUT2D eigenvalue weighted by Gasteiger charge is 2.39. The van der Waals surface area contributed by atoms with E-state index in [1.54, 1.807) is 0 Å². The Bertz CT molecular complexity index is 358. The minimum Gasteiger partial charge on any atom is -0.477 e. The van der Waals surface area contributed by atoms with Gasteiger partial charge in [-0.3, -0.25) is 0 Å². The molecule has 148 valence electrons. The molecule has 0 saturated carbocycles. The zero-order chi connectivity index (χ0) is 19.1. The van der Waals surface area contributed by atoms with Crippen LogP contribution in [0.3, 0.4) is 0 Å². The van der Waals surface area contributed by atoms with E-state index in [0.29, 0.717) is 11.0 Å². The zero-order valence-electron chi connectivity index (χ0n) is 17.0. The lowest BCUT2D eigenvalue weighted by atomic mass is 10.0. The van der Waals surface area contributed by atoms with E-state index < -0.39 is 18.1 Å². The second kappa shape index (κ2) is 14.3. The average molecular weight is 357 g/mol. The van der Waals surface area contributed by atoms with Gasteiger partial charge in [-0.05, 0) is 58.8 Å². The third-order valence-electron chi connectivity index (χ3n) is 5.31. The van der Waals surface area contributed by atoms with E-state index in [2.05, 4.69) is 19.9 Å². The number of rotatable bonds is 16. The molecule has 0 aliphatic rings. The Morgan fingerprint density at radius 1 is 1.04 bits per heavy atom. The third kappa shape index (κ3) is 10.0. The van der Waals surface area contributed by atoms with Crippen LogP contribution in [0.4, 0.5) is 0 Å². The molecular formula is C21H42NO3+. The second-order valence-corrected chi connectivity index (χ2v) is 7.43. The fourth-order valence-electron chi connectivity index (χ4n) is 3.58. The largest absolute Gasteiger partial charge is 0.477 e. The van der Waals surface area contributed by atoms with E-state index in [-0.39, 0.29) is 0 Å². The van der Waals surface area contributed by atoms with Crippen LogP contribution in [-0.4, -0.2) is 52.4 Å². The SMILES string of the molecule is C/C=C/CCCC(O)C[N+](CCCCC)(CCCCC)C(C)C(=O)O. The summed E-state index contributed by atoms with van der Waals surface area (Å²) in [6.45, 7) is 10.5. The number of nitrogens with zero attached hydrogens (tertiary/aromatic N) is 1. The molecule has 0 aromatic heterocycles. The summed E-state index contributed by atoms with van der Waals surface area (Å²) in [4.78, 5) is 11.8. The van der Waals surface area contributed by atoms with Crippen LogP contribution in [0.5, 0.6) is 0 Å². The van der Waals surface area contributed by atoms with Crippen molar-refractivity contribution in [2.45, 2.75) is 97.6 Å². The monoisotopic (exact) mass is 356 g/mol. The van der Waals surface area contributed by atoms with Crippen LogP contribution in [0.25, 0.3) is 0 Å². The zero-order valence-corrected chi connectivity index (χ0v) is 17.0. The smallest absolute Gasteiger partial charge is 0.362 e. The lowest BCUT2D eigenvalue weighted by molar-refractivity contribution is -0.944. The minimum absolute atomic E-state index is 0.421. The summed E-state index contributed by atoms with van der Waals surface area (Å²) in [5.41, 5.74) is 0. The number of carboxylic acids is 1. The first kappa shape index (κ1) is 24.1. The molecule has 0 fully saturated rings. The van der Waals surface area contributed by atoms with Gasteiger partial charge in [0.15, 0.2) is 6.04 Å². The Morgan fingerprint density at radius 3 is 2.04 bits per heavy atom. The number of carboxylic acid groups (broad SMARTS) is 1. The summed E-state index contributed by atoms with van der Waals surface area (Å²) in [6, 6.07) is -0.459. The number of hydrogen-bond donors (Lipinski definition) is 2. The van der Waals surface area contributed by atoms with Gasteiger partial charge in [-0.1, -0.05) is 38.8 Å². The molecule has 0 aliphatic heterocycles. The quantitative estimate of drug-likeness (QED) is 0.238. The molecule has 0 heterocycles. The molecular weight excluding hydrogens is 314 g/mol. The average Bonchev–Trinajstić information content (AvgIpc) is 2.58. The minimum atomic E-state index is -0.742. The molecule has 0 spiro atoms. The van der Waals surface area contributed by atoms with Crippen LogP contribution in [0, 0.1) is 0 Å². The van der Waals surface area contributed by atoms with Gasteiger partial charge in [-0.15, -0.1) is 0 Å². The van der Waals surface area contributed by atoms with E-state index in [4.69, 9.17) is 0 Å². The highest BCUT2D eigenvalue weighted by molar-refractivity contribution is 5.71. The van der Waals surface area contributed by atoms with Gasteiger partial charge >= 0.3 is 5.97 Å². The number of aliphatic hydroxyl groups is 1. The third-order valence-corrected chi connectivity index (χ3v) is 5.31. The molecule has 2 atom stereocenters. The molecule has 0 aromatic carbocycles. The van der Waals surface area contributed by atoms with Crippen molar-refractivity contribution in [3.05, 3.63) is 12.2 Å². The first-order valence-corrected chi connectivity index (χ1v) is 10.3. The molecule has 0 rings (SSSR count). The molecule has 4 heteroatoms. The van der Waals surface area contributed by atoms with Crippen LogP contribution < -0.4 is 0 Å². The summed E-state index contributed by atoms with van der Waals surface area (Å²) >= 11 is 0. The van der Waals surface area contributed by atoms with Crippen molar-refractivity contribution in [2.24, 2.45) is 0 Å². The van der Waals surface area contributed by atoms with Gasteiger partial charge in [0.05, 0.1) is 13.1 Å². The highest BCUT2D eigenvalue weighted by Crippen LogP contribution is 2.22. The Hall–Kier alpha value is -0.870. The topological polar surface area (TPSA) is 57.5 Å². The van der Waals surface area contributed by atoms with Crippen LogP contribution in [0.1, 0.15) is 85.5 Å². The predicted molar refractivity (Wildman–Crippen MR) is 106 cm³/mol. The normalized spacial score (nSPS) is 14.8. The van der Waals surface area contributed by atoms with E-state index in [1.807, 2.05) is 19.9 Å². The molecule has 0 amide bonds. The fraction of sp³-hybridized carbons (Fsp3) is 0.857. The standard InChI is InChI=1S/C21H41NO3/c1-5-8-11-12-15-20(23)18-22(16-13-9-6-2,17-14-10-7-3)19(4)21(24)25/h5,8,19-20,23H,6-7,9-18H2,1-4H3/p+1/b8-5+. The number of quaternary nitrogens is 1. The van der Waals surface area contributed by atoms with Crippen molar-refractivity contribution in [2.75, 3.05) is 19.6 Å². The molecule has 0 aromatic rings. The Labute approximate surface area is 155 Å². The van der Waals surface area contributed by atoms with E-state index in [9.17, 15) is 15.0 Å². The predicted octanol–water partition coefficient (Wildman–Crippen LogP) is 4.76. The highest BCUT2D eigenvalue weighted by atomic mass is 16.4. The summed E-state index contributed by atoms with van der Waals surface area (Å²) in [5.74, 6) is -0.742. The van der Waals surface area contributed by atoms with Gasteiger partial charge < -0.3 is 14.7 Å². The van der Waals surface area contributed by atoms with E-state index in [1.165, 1.54) is 0 Å². The number of carbonyl (C=O) groups is 1. The van der Waals surface area contributed by atoms with Gasteiger partial charge in [0.2, 0.25) is 0 Å². The maximum absolute atomic E-state index is 11.8. The molecule has 2 unspecified atom stereocenters. The van der Waals surface area contributed by atoms with Crippen molar-refractivity contribution < 1.29 is 19.5 Å². The molecule has 25 heavy (non-hydrogen) atoms. The van der Waals surface area contributed by atoms with Crippen molar-refractivity contribution in [1.82, 2.24) is 0 Å². The summed E-state index contributed by atoms with van der Waals surface area (Å²) < 4.78 is 0.528. The van der Waals surface area contributed by atoms with Gasteiger partial charge in [0, 0.05) is 0 Å². The van der Waals surface area contributed by atoms with Crippen molar-refractivity contribution >= 4 is 5.97 Å². The maximum Gasteiger partial charge on any atom is 0.362 e. The molecule has 4 nitrogen and oxygen atoms in total. The Kier molecular flexibility index (Phi) is 13.8. The van der Waals surface area contributed by atoms with Crippen LogP contribution in [0.2, 0.25) is 0 Å². The number of allylic oxidation sites excluding steroid dienone is 2. The van der Waals surface area contributed by atoms with Gasteiger partial charge in [0.1, 0.15) is 12.6 Å². The van der Waals surface area contributed by atoms with Crippen molar-refractivity contribution in [3.8, 4) is 0 Å². The fourth-order valence-corrected chi connectivity index (χ4v) is 3.58. The number of hydrogen-bond acceptors (Lipinski definition) is 2. The second-order valence-electron chi connectivity index (χ2n) is 7.43. The maximum atomic E-state index is 11.8. The number of aliphatic carboxylic acids is 1. The summed E-state index contributed by atoms with van der Waals surface area (Å²) in [7, 11) is 0. The van der Waals surface area contributed by atoms with Crippen molar-refractivity contribution in [1.29, 1.82) is 0 Å². The lowest BCUT2D eigenvalue weighted by Gasteiger charge is -2.43. The van der Waals surface area contributed by atoms with Gasteiger partial charge in [0.25, 0.3) is 0 Å². The molecule has 0 aliphatic carbocycles. The van der Waals surface area contributed by atoms with Crippen LogP contribution >= 0.6 is 0 Å². The van der Waals surface area contributed by atoms with E-state index in [0.717, 1.165) is 70.9 Å². The van der Waals surface area contributed by atoms with E-state index >= 15 is 0 Å². The van der Waals surface area contributed by atoms with Crippen LogP contribution in [-0.2, 0) is 4.79 Å². The molecule has 2 N–H and O–H groups in total. The summed E-state index contributed by atoms with van der Waals surface area (Å²) in [6.07, 6.45) is 13.0. The van der Waals surface area contributed by atoms with Crippen molar-refractivity contribution in [3.63, 3.8) is 0 Å². The molecule has 0 radical (unpaired) electrons. The van der Waals surface area contributed by atoms with Gasteiger partial charge in [-0.25, -0.2) is 4.79 Å². The summed E-state index contributed by atoms with van der Waals surface area (Å²) in [5, 5.41) is 20.3. The first-order chi connectivity index (χ1) is 11.9. The number of aliphatic hydroxyl groups excluding tert-OH is 1. The first-order valence-electron chi connectivity index (χ1n) is 10.3.